The van der Waals surface area contributed by atoms with Crippen LogP contribution in [0.1, 0.15) is 39.6 Å². The van der Waals surface area contributed by atoms with E-state index in [9.17, 15) is 4.79 Å². The molecule has 1 aliphatic heterocycles. The Labute approximate surface area is 209 Å². The van der Waals surface area contributed by atoms with Gasteiger partial charge in [0.15, 0.2) is 0 Å². The molecule has 0 bridgehead atoms. The topological polar surface area (TPSA) is 93.4 Å². The van der Waals surface area contributed by atoms with E-state index in [1.165, 1.54) is 35.3 Å². The molecule has 3 N–H and O–H groups in total. The summed E-state index contributed by atoms with van der Waals surface area (Å²) in [6.07, 6.45) is 4.12. The molecular weight excluding hydrogens is 458 g/mol. The number of piperidine rings is 1. The Hall–Kier alpha value is -3.49. The lowest BCUT2D eigenvalue weighted by molar-refractivity contribution is 0.100. The molecule has 1 fully saturated rings. The molecule has 2 aromatic carbocycles. The summed E-state index contributed by atoms with van der Waals surface area (Å²) < 4.78 is 6.56. The minimum atomic E-state index is -0.470. The number of fused-ring (bicyclic) bond motifs is 1. The number of thiophene rings is 1. The van der Waals surface area contributed by atoms with Crippen LogP contribution >= 0.6 is 11.3 Å². The van der Waals surface area contributed by atoms with E-state index in [2.05, 4.69) is 41.3 Å². The summed E-state index contributed by atoms with van der Waals surface area (Å²) in [6.45, 7) is 4.35. The minimum Gasteiger partial charge on any atom is -0.495 e. The number of hydrogen-bond acceptors (Lipinski definition) is 7. The summed E-state index contributed by atoms with van der Waals surface area (Å²) in [4.78, 5) is 24.4. The molecule has 0 aliphatic carbocycles. The number of likely N-dealkylation sites (N-methyl/N-ethyl adjacent to an activating group) is 1. The number of aryl methyl sites for hydroxylation is 1. The normalized spacial score (nSPS) is 16.4. The summed E-state index contributed by atoms with van der Waals surface area (Å²) in [5, 5.41) is 3.34. The first-order valence-electron chi connectivity index (χ1n) is 11.7. The van der Waals surface area contributed by atoms with Gasteiger partial charge in [-0.25, -0.2) is 9.97 Å². The number of rotatable bonds is 6. The van der Waals surface area contributed by atoms with Crippen molar-refractivity contribution in [3.63, 3.8) is 0 Å². The Balaban J connectivity index is 1.53. The third-order valence-electron chi connectivity index (χ3n) is 6.62. The van der Waals surface area contributed by atoms with E-state index in [0.29, 0.717) is 22.3 Å². The molecule has 0 unspecified atom stereocenters. The molecule has 35 heavy (non-hydrogen) atoms. The molecule has 1 atom stereocenters. The second-order valence-corrected chi connectivity index (χ2v) is 10.1. The molecule has 7 nitrogen and oxygen atoms in total. The quantitative estimate of drug-likeness (QED) is 0.382. The Morgan fingerprint density at radius 3 is 2.77 bits per heavy atom. The molecule has 0 saturated carbocycles. The zero-order valence-electron chi connectivity index (χ0n) is 20.2. The zero-order chi connectivity index (χ0) is 24.5. The van der Waals surface area contributed by atoms with Crippen LogP contribution in [0.3, 0.4) is 0 Å². The molecule has 0 spiro atoms. The molecule has 0 radical (unpaired) electrons. The lowest BCUT2D eigenvalue weighted by atomic mass is 9.87. The highest BCUT2D eigenvalue weighted by atomic mass is 32.1. The molecule has 1 aliphatic rings. The van der Waals surface area contributed by atoms with Crippen LogP contribution < -0.4 is 15.8 Å². The fraction of sp³-hybridized carbons (Fsp3) is 0.296. The largest absolute Gasteiger partial charge is 0.495 e. The Morgan fingerprint density at radius 1 is 1.26 bits per heavy atom. The Bertz CT molecular complexity index is 1390. The number of carbonyl (C=O) groups is 1. The predicted molar refractivity (Wildman–Crippen MR) is 142 cm³/mol. The second-order valence-electron chi connectivity index (χ2n) is 9.08. The minimum absolute atomic E-state index is 0.436. The van der Waals surface area contributed by atoms with Gasteiger partial charge in [0.2, 0.25) is 5.95 Å². The molecule has 3 heterocycles. The number of anilines is 2. The third kappa shape index (κ3) is 4.59. The number of ether oxygens (including phenoxy) is 1. The Morgan fingerprint density at radius 2 is 2.06 bits per heavy atom. The van der Waals surface area contributed by atoms with Crippen LogP contribution in [0.25, 0.3) is 21.3 Å². The molecule has 8 heteroatoms. The highest BCUT2D eigenvalue weighted by Crippen LogP contribution is 2.39. The van der Waals surface area contributed by atoms with Gasteiger partial charge in [-0.15, -0.1) is 11.3 Å². The van der Waals surface area contributed by atoms with Crippen LogP contribution in [0.2, 0.25) is 0 Å². The van der Waals surface area contributed by atoms with Gasteiger partial charge in [0, 0.05) is 12.1 Å². The van der Waals surface area contributed by atoms with E-state index in [0.717, 1.165) is 40.4 Å². The first-order valence-corrected chi connectivity index (χ1v) is 12.5. The van der Waals surface area contributed by atoms with Gasteiger partial charge in [0.1, 0.15) is 10.6 Å². The van der Waals surface area contributed by atoms with Crippen molar-refractivity contribution in [2.45, 2.75) is 25.7 Å². The lowest BCUT2D eigenvalue weighted by Crippen LogP contribution is -2.31. The molecular formula is C27H29N5O2S. The van der Waals surface area contributed by atoms with Crippen molar-refractivity contribution < 1.29 is 9.53 Å². The number of benzene rings is 2. The SMILES string of the molecule is COc1cc([C@@H]2CCCN(C)C2)c(C)cc1Nc1ncc2sc(C(N)=O)c(-c3ccccc3)c2n1. The standard InChI is InChI=1S/C27H29N5O2S/c1-16-12-20(21(34-3)13-19(16)18-10-7-11-32(2)15-18)30-27-29-14-22-24(31-27)23(25(35-22)26(28)33)17-8-5-4-6-9-17/h4-6,8-9,12-14,18H,7,10-11,15H2,1-3H3,(H2,28,33)(H,29,30,31)/t18-/m1/s1. The maximum atomic E-state index is 12.2. The monoisotopic (exact) mass is 487 g/mol. The molecule has 1 saturated heterocycles. The number of nitrogens with two attached hydrogens (primary N) is 1. The van der Waals surface area contributed by atoms with Crippen molar-refractivity contribution in [2.75, 3.05) is 32.6 Å². The number of likely N-dealkylation sites (tertiary alicyclic amines) is 1. The van der Waals surface area contributed by atoms with E-state index < -0.39 is 5.91 Å². The summed E-state index contributed by atoms with van der Waals surface area (Å²) in [6, 6.07) is 14.0. The fourth-order valence-corrected chi connectivity index (χ4v) is 5.94. The van der Waals surface area contributed by atoms with Gasteiger partial charge in [-0.3, -0.25) is 4.79 Å². The average molecular weight is 488 g/mol. The average Bonchev–Trinajstić information content (AvgIpc) is 3.24. The molecule has 2 aromatic heterocycles. The van der Waals surface area contributed by atoms with Crippen LogP contribution in [-0.2, 0) is 0 Å². The number of primary amides is 1. The van der Waals surface area contributed by atoms with Crippen molar-refractivity contribution in [3.05, 3.63) is 64.7 Å². The van der Waals surface area contributed by atoms with Crippen molar-refractivity contribution >= 4 is 39.1 Å². The van der Waals surface area contributed by atoms with Crippen molar-refractivity contribution in [2.24, 2.45) is 5.73 Å². The molecule has 1 amide bonds. The summed E-state index contributed by atoms with van der Waals surface area (Å²) >= 11 is 1.31. The van der Waals surface area contributed by atoms with Gasteiger partial charge in [-0.1, -0.05) is 30.3 Å². The third-order valence-corrected chi connectivity index (χ3v) is 7.74. The number of nitrogens with one attached hydrogen (secondary N) is 1. The van der Waals surface area contributed by atoms with E-state index in [-0.39, 0.29) is 0 Å². The van der Waals surface area contributed by atoms with E-state index in [4.69, 9.17) is 15.5 Å². The first-order chi connectivity index (χ1) is 16.9. The second kappa shape index (κ2) is 9.64. The van der Waals surface area contributed by atoms with Crippen molar-refractivity contribution in [3.8, 4) is 16.9 Å². The molecule has 4 aromatic rings. The van der Waals surface area contributed by atoms with Crippen LogP contribution in [0.4, 0.5) is 11.6 Å². The highest BCUT2D eigenvalue weighted by molar-refractivity contribution is 7.21. The lowest BCUT2D eigenvalue weighted by Gasteiger charge is -2.31. The first kappa shape index (κ1) is 23.3. The summed E-state index contributed by atoms with van der Waals surface area (Å²) in [5.41, 5.74) is 11.4. The van der Waals surface area contributed by atoms with Gasteiger partial charge >= 0.3 is 0 Å². The van der Waals surface area contributed by atoms with E-state index in [1.807, 2.05) is 30.3 Å². The predicted octanol–water partition coefficient (Wildman–Crippen LogP) is 5.33. The number of aromatic nitrogens is 2. The molecule has 5 rings (SSSR count). The number of amides is 1. The summed E-state index contributed by atoms with van der Waals surface area (Å²) in [7, 11) is 3.86. The van der Waals surface area contributed by atoms with Gasteiger partial charge < -0.3 is 20.7 Å². The number of carbonyl (C=O) groups excluding carboxylic acids is 1. The van der Waals surface area contributed by atoms with Gasteiger partial charge in [0.25, 0.3) is 5.91 Å². The molecule has 180 valence electrons. The maximum Gasteiger partial charge on any atom is 0.259 e. The number of methoxy groups -OCH3 is 1. The van der Waals surface area contributed by atoms with Crippen LogP contribution in [0, 0.1) is 6.92 Å². The Kier molecular flexibility index (Phi) is 6.40. The fourth-order valence-electron chi connectivity index (χ4n) is 4.95. The zero-order valence-corrected chi connectivity index (χ0v) is 21.0. The van der Waals surface area contributed by atoms with Crippen molar-refractivity contribution in [1.82, 2.24) is 14.9 Å². The maximum absolute atomic E-state index is 12.2. The highest BCUT2D eigenvalue weighted by Gasteiger charge is 2.23. The van der Waals surface area contributed by atoms with Gasteiger partial charge in [-0.2, -0.15) is 0 Å². The van der Waals surface area contributed by atoms with Crippen molar-refractivity contribution in [1.29, 1.82) is 0 Å². The number of hydrogen-bond donors (Lipinski definition) is 2. The number of nitrogens with zero attached hydrogens (tertiary/aromatic N) is 3. The van der Waals surface area contributed by atoms with E-state index in [1.54, 1.807) is 13.3 Å². The van der Waals surface area contributed by atoms with Gasteiger partial charge in [-0.05, 0) is 68.1 Å². The van der Waals surface area contributed by atoms with E-state index >= 15 is 0 Å². The van der Waals surface area contributed by atoms with Crippen LogP contribution in [0.15, 0.2) is 48.7 Å². The smallest absolute Gasteiger partial charge is 0.259 e. The van der Waals surface area contributed by atoms with Crippen LogP contribution in [0.5, 0.6) is 5.75 Å². The van der Waals surface area contributed by atoms with Gasteiger partial charge in [0.05, 0.1) is 29.2 Å². The van der Waals surface area contributed by atoms with Crippen LogP contribution in [-0.4, -0.2) is 48.0 Å². The summed E-state index contributed by atoms with van der Waals surface area (Å²) in [5.74, 6) is 1.22.